The van der Waals surface area contributed by atoms with Crippen molar-refractivity contribution in [2.75, 3.05) is 6.61 Å². The smallest absolute Gasteiger partial charge is 0.261 e. The highest BCUT2D eigenvalue weighted by atomic mass is 28.4. The van der Waals surface area contributed by atoms with E-state index in [0.717, 1.165) is 19.3 Å². The minimum atomic E-state index is -2.63. The first-order valence-corrected chi connectivity index (χ1v) is 12.7. The Kier molecular flexibility index (Phi) is 6.60. The summed E-state index contributed by atoms with van der Waals surface area (Å²) in [4.78, 5) is 13.0. The number of carbonyl (C=O) groups excluding carboxylic acids is 1. The summed E-state index contributed by atoms with van der Waals surface area (Å²) in [5.74, 6) is 0.349. The van der Waals surface area contributed by atoms with E-state index in [9.17, 15) is 4.79 Å². The third-order valence-electron chi connectivity index (χ3n) is 6.42. The van der Waals surface area contributed by atoms with Crippen LogP contribution in [0.5, 0.6) is 0 Å². The molecule has 1 atom stereocenters. The van der Waals surface area contributed by atoms with E-state index in [1.807, 2.05) is 6.08 Å². The Hall–Kier alpha value is -1.97. The average molecular weight is 407 g/mol. The van der Waals surface area contributed by atoms with Crippen molar-refractivity contribution in [2.45, 2.75) is 57.9 Å². The van der Waals surface area contributed by atoms with Crippen molar-refractivity contribution in [1.29, 1.82) is 0 Å². The molecule has 0 aliphatic heterocycles. The van der Waals surface area contributed by atoms with E-state index in [1.54, 1.807) is 0 Å². The molecule has 1 aliphatic carbocycles. The van der Waals surface area contributed by atoms with E-state index in [2.05, 4.69) is 88.0 Å². The van der Waals surface area contributed by atoms with Crippen LogP contribution in [-0.2, 0) is 9.22 Å². The quantitative estimate of drug-likeness (QED) is 0.462. The Morgan fingerprint density at radius 2 is 1.55 bits per heavy atom. The molecule has 0 N–H and O–H groups in total. The molecule has 29 heavy (non-hydrogen) atoms. The second-order valence-corrected chi connectivity index (χ2v) is 13.7. The van der Waals surface area contributed by atoms with E-state index in [4.69, 9.17) is 4.43 Å². The molecule has 2 nitrogen and oxygen atoms in total. The molecule has 0 radical (unpaired) electrons. The predicted octanol–water partition coefficient (Wildman–Crippen LogP) is 5.27. The zero-order valence-corrected chi connectivity index (χ0v) is 19.1. The second kappa shape index (κ2) is 8.81. The first-order chi connectivity index (χ1) is 13.9. The van der Waals surface area contributed by atoms with Gasteiger partial charge >= 0.3 is 0 Å². The maximum atomic E-state index is 13.0. The Morgan fingerprint density at radius 3 is 2.00 bits per heavy atom. The summed E-state index contributed by atoms with van der Waals surface area (Å²) < 4.78 is 7.10. The van der Waals surface area contributed by atoms with Gasteiger partial charge in [-0.25, -0.2) is 0 Å². The molecular weight excluding hydrogens is 372 g/mol. The van der Waals surface area contributed by atoms with Crippen LogP contribution in [0.15, 0.2) is 73.3 Å². The maximum Gasteiger partial charge on any atom is 0.261 e. The molecule has 0 heterocycles. The average Bonchev–Trinajstić information content (AvgIpc) is 2.71. The Morgan fingerprint density at radius 1 is 1.00 bits per heavy atom. The van der Waals surface area contributed by atoms with Crippen LogP contribution in [0.2, 0.25) is 5.04 Å². The number of benzene rings is 2. The molecule has 0 saturated heterocycles. The van der Waals surface area contributed by atoms with Crippen molar-refractivity contribution in [3.63, 3.8) is 0 Å². The van der Waals surface area contributed by atoms with Crippen LogP contribution >= 0.6 is 0 Å². The maximum absolute atomic E-state index is 13.0. The molecular formula is C26H34O2Si. The van der Waals surface area contributed by atoms with Gasteiger partial charge in [0.2, 0.25) is 0 Å². The molecule has 0 bridgehead atoms. The van der Waals surface area contributed by atoms with E-state index < -0.39 is 13.7 Å². The van der Waals surface area contributed by atoms with E-state index in [-0.39, 0.29) is 5.04 Å². The summed E-state index contributed by atoms with van der Waals surface area (Å²) in [6.07, 6.45) is 6.25. The van der Waals surface area contributed by atoms with Crippen LogP contribution in [0, 0.1) is 5.41 Å². The van der Waals surface area contributed by atoms with Gasteiger partial charge in [-0.1, -0.05) is 93.9 Å². The van der Waals surface area contributed by atoms with Crippen molar-refractivity contribution >= 4 is 24.5 Å². The van der Waals surface area contributed by atoms with Gasteiger partial charge in [-0.3, -0.25) is 4.79 Å². The highest BCUT2D eigenvalue weighted by Crippen LogP contribution is 2.42. The molecule has 3 rings (SSSR count). The van der Waals surface area contributed by atoms with Crippen LogP contribution in [0.1, 0.15) is 52.9 Å². The van der Waals surface area contributed by atoms with Crippen molar-refractivity contribution in [1.82, 2.24) is 0 Å². The summed E-state index contributed by atoms with van der Waals surface area (Å²) in [5.41, 5.74) is -0.424. The highest BCUT2D eigenvalue weighted by molar-refractivity contribution is 6.99. The van der Waals surface area contributed by atoms with Crippen LogP contribution in [0.3, 0.4) is 0 Å². The van der Waals surface area contributed by atoms with Crippen LogP contribution in [0.4, 0.5) is 0 Å². The second-order valence-electron chi connectivity index (χ2n) is 9.36. The zero-order valence-electron chi connectivity index (χ0n) is 18.1. The number of rotatable bonds is 7. The largest absolute Gasteiger partial charge is 0.406 e. The first-order valence-electron chi connectivity index (χ1n) is 10.7. The number of carbonyl (C=O) groups is 1. The van der Waals surface area contributed by atoms with E-state index >= 15 is 0 Å². The van der Waals surface area contributed by atoms with Gasteiger partial charge in [0.25, 0.3) is 8.32 Å². The molecule has 2 aromatic carbocycles. The fourth-order valence-electron chi connectivity index (χ4n) is 4.87. The summed E-state index contributed by atoms with van der Waals surface area (Å²) in [6.45, 7) is 11.3. The molecule has 1 fully saturated rings. The predicted molar refractivity (Wildman–Crippen MR) is 124 cm³/mol. The van der Waals surface area contributed by atoms with Gasteiger partial charge in [-0.15, -0.1) is 6.58 Å². The third kappa shape index (κ3) is 4.17. The van der Waals surface area contributed by atoms with Crippen LogP contribution < -0.4 is 10.4 Å². The Labute approximate surface area is 177 Å². The van der Waals surface area contributed by atoms with Gasteiger partial charge in [0.1, 0.15) is 5.78 Å². The number of ketones is 1. The molecule has 0 amide bonds. The lowest BCUT2D eigenvalue weighted by atomic mass is 9.71. The lowest BCUT2D eigenvalue weighted by molar-refractivity contribution is -0.133. The molecule has 3 heteroatoms. The van der Waals surface area contributed by atoms with Gasteiger partial charge in [0.15, 0.2) is 0 Å². The summed E-state index contributed by atoms with van der Waals surface area (Å²) in [6, 6.07) is 21.3. The van der Waals surface area contributed by atoms with Gasteiger partial charge in [0.05, 0.1) is 5.41 Å². The number of hydrogen-bond acceptors (Lipinski definition) is 2. The standard InChI is InChI=1S/C26H34O2Si/c1-5-19-26(20-13-12-18-24(26)27)21-28-29(25(2,3)4,22-14-8-6-9-15-22)23-16-10-7-11-17-23/h5-11,14-17H,1,12-13,18-21H2,2-4H3/t26-/m1/s1. The fraction of sp³-hybridized carbons (Fsp3) is 0.423. The minimum Gasteiger partial charge on any atom is -0.406 e. The van der Waals surface area contributed by atoms with Crippen molar-refractivity contribution in [2.24, 2.45) is 5.41 Å². The van der Waals surface area contributed by atoms with Gasteiger partial charge in [-0.2, -0.15) is 0 Å². The normalized spacial score (nSPS) is 20.4. The molecule has 1 aliphatic rings. The van der Waals surface area contributed by atoms with Gasteiger partial charge in [0, 0.05) is 13.0 Å². The minimum absolute atomic E-state index is 0.0806. The molecule has 2 aromatic rings. The summed E-state index contributed by atoms with van der Waals surface area (Å²) >= 11 is 0. The molecule has 1 saturated carbocycles. The van der Waals surface area contributed by atoms with Gasteiger partial charge in [-0.05, 0) is 34.7 Å². The molecule has 0 aromatic heterocycles. The topological polar surface area (TPSA) is 26.3 Å². The first kappa shape index (κ1) is 21.7. The van der Waals surface area contributed by atoms with Crippen molar-refractivity contribution in [3.8, 4) is 0 Å². The SMILES string of the molecule is C=CC[C@]1(CO[Si](c2ccccc2)(c2ccccc2)C(C)(C)C)CCCCC1=O. The summed E-state index contributed by atoms with van der Waals surface area (Å²) in [5, 5.41) is 2.44. The van der Waals surface area contributed by atoms with Crippen molar-refractivity contribution in [3.05, 3.63) is 73.3 Å². The van der Waals surface area contributed by atoms with Crippen molar-refractivity contribution < 1.29 is 9.22 Å². The number of allylic oxidation sites excluding steroid dienone is 1. The van der Waals surface area contributed by atoms with Gasteiger partial charge < -0.3 is 4.43 Å². The number of Topliss-reactive ketones (excluding diaryl/α,β-unsaturated/α-hetero) is 1. The van der Waals surface area contributed by atoms with Crippen LogP contribution in [0.25, 0.3) is 0 Å². The monoisotopic (exact) mass is 406 g/mol. The fourth-order valence-corrected chi connectivity index (χ4v) is 9.51. The Balaban J connectivity index is 2.10. The summed E-state index contributed by atoms with van der Waals surface area (Å²) in [7, 11) is -2.63. The lowest BCUT2D eigenvalue weighted by Gasteiger charge is -2.46. The molecule has 0 spiro atoms. The Bertz CT molecular complexity index is 783. The number of hydrogen-bond donors (Lipinski definition) is 0. The third-order valence-corrected chi connectivity index (χ3v) is 11.4. The van der Waals surface area contributed by atoms with E-state index in [0.29, 0.717) is 25.2 Å². The lowest BCUT2D eigenvalue weighted by Crippen LogP contribution is -2.67. The molecule has 154 valence electrons. The van der Waals surface area contributed by atoms with E-state index in [1.165, 1.54) is 10.4 Å². The highest BCUT2D eigenvalue weighted by Gasteiger charge is 2.52. The molecule has 0 unspecified atom stereocenters. The van der Waals surface area contributed by atoms with Crippen LogP contribution in [-0.4, -0.2) is 20.7 Å². The zero-order chi connectivity index (χ0) is 21.0.